The first-order chi connectivity index (χ1) is 9.06. The van der Waals surface area contributed by atoms with E-state index >= 15 is 0 Å². The van der Waals surface area contributed by atoms with Crippen LogP contribution in [-0.4, -0.2) is 18.4 Å². The molecule has 5 heteroatoms. The lowest BCUT2D eigenvalue weighted by molar-refractivity contribution is 0.256. The van der Waals surface area contributed by atoms with Crippen LogP contribution in [-0.2, 0) is 6.42 Å². The lowest BCUT2D eigenvalue weighted by Crippen LogP contribution is -2.33. The first-order valence-corrected chi connectivity index (χ1v) is 7.21. The van der Waals surface area contributed by atoms with E-state index in [0.717, 1.165) is 30.6 Å². The first-order valence-electron chi connectivity index (χ1n) is 6.38. The van der Waals surface area contributed by atoms with E-state index < -0.39 is 0 Å². The number of benzene rings is 1. The van der Waals surface area contributed by atoms with Crippen LogP contribution in [0.15, 0.2) is 18.2 Å². The average molecular weight is 302 g/mol. The molecule has 1 aromatic carbocycles. The van der Waals surface area contributed by atoms with E-state index in [9.17, 15) is 4.79 Å². The molecular weight excluding hydrogens is 282 g/mol. The maximum absolute atomic E-state index is 11.1. The summed E-state index contributed by atoms with van der Waals surface area (Å²) < 4.78 is 5.32. The Morgan fingerprint density at radius 3 is 2.84 bits per heavy atom. The van der Waals surface area contributed by atoms with Crippen LogP contribution < -0.4 is 10.1 Å². The van der Waals surface area contributed by atoms with Gasteiger partial charge in [0.25, 0.3) is 5.24 Å². The summed E-state index contributed by atoms with van der Waals surface area (Å²) >= 11 is 9.73. The molecule has 0 aromatic heterocycles. The van der Waals surface area contributed by atoms with Crippen LogP contribution in [0.3, 0.4) is 0 Å². The standard InChI is InChI=1S/C14H20ClNO2S/c1-3-4-5-12(16-14(17)19)8-10-6-7-11(15)9-13(10)18-2/h6-7,9,12H,3-5,8H2,1-2H3,(H2,16,17,19)/t12-/m0/s1. The Kier molecular flexibility index (Phi) is 7.10. The molecule has 0 saturated carbocycles. The largest absolute Gasteiger partial charge is 0.496 e. The molecule has 1 aromatic rings. The van der Waals surface area contributed by atoms with Crippen LogP contribution >= 0.6 is 24.2 Å². The number of carbonyl (C=O) groups is 1. The average Bonchev–Trinajstić information content (AvgIpc) is 2.37. The van der Waals surface area contributed by atoms with Crippen molar-refractivity contribution in [3.63, 3.8) is 0 Å². The molecule has 19 heavy (non-hydrogen) atoms. The summed E-state index contributed by atoms with van der Waals surface area (Å²) in [5.41, 5.74) is 1.04. The monoisotopic (exact) mass is 301 g/mol. The SMILES string of the molecule is CCCC[C@@H](Cc1ccc(Cl)cc1OC)NC(=O)S. The number of carbonyl (C=O) groups excluding carboxylic acids is 1. The summed E-state index contributed by atoms with van der Waals surface area (Å²) in [5, 5.41) is 3.21. The number of ether oxygens (including phenoxy) is 1. The fraction of sp³-hybridized carbons (Fsp3) is 0.500. The molecule has 1 amide bonds. The molecule has 0 fully saturated rings. The molecule has 0 aliphatic carbocycles. The predicted molar refractivity (Wildman–Crippen MR) is 82.5 cm³/mol. The summed E-state index contributed by atoms with van der Waals surface area (Å²) in [4.78, 5) is 11.1. The zero-order valence-corrected chi connectivity index (χ0v) is 12.9. The van der Waals surface area contributed by atoms with Gasteiger partial charge in [-0.2, -0.15) is 0 Å². The molecule has 106 valence electrons. The second-order valence-corrected chi connectivity index (χ2v) is 5.29. The van der Waals surface area contributed by atoms with E-state index in [1.807, 2.05) is 12.1 Å². The van der Waals surface area contributed by atoms with Gasteiger partial charge < -0.3 is 10.1 Å². The Balaban J connectivity index is 2.79. The van der Waals surface area contributed by atoms with Crippen LogP contribution in [0.2, 0.25) is 5.02 Å². The Morgan fingerprint density at radius 1 is 1.53 bits per heavy atom. The summed E-state index contributed by atoms with van der Waals surface area (Å²) in [5.74, 6) is 0.752. The highest BCUT2D eigenvalue weighted by Gasteiger charge is 2.14. The summed E-state index contributed by atoms with van der Waals surface area (Å²) in [6.07, 6.45) is 3.80. The maximum atomic E-state index is 11.1. The highest BCUT2D eigenvalue weighted by molar-refractivity contribution is 7.96. The van der Waals surface area contributed by atoms with Crippen molar-refractivity contribution in [2.45, 2.75) is 38.6 Å². The number of amides is 1. The minimum atomic E-state index is -0.297. The van der Waals surface area contributed by atoms with Crippen molar-refractivity contribution in [3.05, 3.63) is 28.8 Å². The van der Waals surface area contributed by atoms with Gasteiger partial charge in [0.05, 0.1) is 7.11 Å². The van der Waals surface area contributed by atoms with Gasteiger partial charge in [0.15, 0.2) is 0 Å². The Hall–Kier alpha value is -0.870. The van der Waals surface area contributed by atoms with Gasteiger partial charge in [0.1, 0.15) is 5.75 Å². The molecule has 0 heterocycles. The highest BCUT2D eigenvalue weighted by atomic mass is 35.5. The second kappa shape index (κ2) is 8.33. The zero-order valence-electron chi connectivity index (χ0n) is 11.3. The zero-order chi connectivity index (χ0) is 14.3. The van der Waals surface area contributed by atoms with Crippen molar-refractivity contribution >= 4 is 29.5 Å². The fourth-order valence-corrected chi connectivity index (χ4v) is 2.35. The molecule has 0 aliphatic rings. The van der Waals surface area contributed by atoms with Crippen molar-refractivity contribution in [2.75, 3.05) is 7.11 Å². The van der Waals surface area contributed by atoms with Gasteiger partial charge in [-0.3, -0.25) is 4.79 Å². The van der Waals surface area contributed by atoms with Crippen LogP contribution in [0, 0.1) is 0 Å². The molecule has 0 bridgehead atoms. The fourth-order valence-electron chi connectivity index (χ4n) is 2.00. The topological polar surface area (TPSA) is 38.3 Å². The molecule has 0 unspecified atom stereocenters. The van der Waals surface area contributed by atoms with Crippen molar-refractivity contribution < 1.29 is 9.53 Å². The van der Waals surface area contributed by atoms with Crippen LogP contribution in [0.25, 0.3) is 0 Å². The van der Waals surface area contributed by atoms with Crippen LogP contribution in [0.5, 0.6) is 5.75 Å². The second-order valence-electron chi connectivity index (χ2n) is 4.45. The predicted octanol–water partition coefficient (Wildman–Crippen LogP) is 4.09. The number of methoxy groups -OCH3 is 1. The minimum Gasteiger partial charge on any atom is -0.496 e. The summed E-state index contributed by atoms with van der Waals surface area (Å²) in [7, 11) is 1.62. The van der Waals surface area contributed by atoms with E-state index in [0.29, 0.717) is 11.4 Å². The van der Waals surface area contributed by atoms with Gasteiger partial charge in [-0.1, -0.05) is 50.1 Å². The third-order valence-electron chi connectivity index (χ3n) is 2.95. The van der Waals surface area contributed by atoms with Gasteiger partial charge in [0, 0.05) is 11.1 Å². The Labute approximate surface area is 125 Å². The van der Waals surface area contributed by atoms with Gasteiger partial charge in [-0.25, -0.2) is 0 Å². The van der Waals surface area contributed by atoms with E-state index in [4.69, 9.17) is 16.3 Å². The quantitative estimate of drug-likeness (QED) is 0.745. The number of halogens is 1. The van der Waals surface area contributed by atoms with Crippen molar-refractivity contribution in [3.8, 4) is 5.75 Å². The van der Waals surface area contributed by atoms with E-state index in [1.54, 1.807) is 13.2 Å². The number of rotatable bonds is 7. The lowest BCUT2D eigenvalue weighted by atomic mass is 10.0. The lowest BCUT2D eigenvalue weighted by Gasteiger charge is -2.19. The third kappa shape index (κ3) is 5.74. The number of hydrogen-bond donors (Lipinski definition) is 2. The van der Waals surface area contributed by atoms with Gasteiger partial charge in [-0.15, -0.1) is 0 Å². The van der Waals surface area contributed by atoms with E-state index in [2.05, 4.69) is 24.9 Å². The molecule has 0 radical (unpaired) electrons. The van der Waals surface area contributed by atoms with Gasteiger partial charge in [0.2, 0.25) is 0 Å². The van der Waals surface area contributed by atoms with Crippen molar-refractivity contribution in [1.82, 2.24) is 5.32 Å². The van der Waals surface area contributed by atoms with Crippen LogP contribution in [0.4, 0.5) is 4.79 Å². The molecule has 0 spiro atoms. The molecule has 3 nitrogen and oxygen atoms in total. The van der Waals surface area contributed by atoms with Crippen LogP contribution in [0.1, 0.15) is 31.7 Å². The Bertz CT molecular complexity index is 426. The van der Waals surface area contributed by atoms with Gasteiger partial charge in [-0.05, 0) is 30.5 Å². The molecule has 1 atom stereocenters. The molecular formula is C14H20ClNO2S. The smallest absolute Gasteiger partial charge is 0.276 e. The third-order valence-corrected chi connectivity index (χ3v) is 3.31. The molecule has 0 aliphatic heterocycles. The van der Waals surface area contributed by atoms with Crippen molar-refractivity contribution in [1.29, 1.82) is 0 Å². The minimum absolute atomic E-state index is 0.0695. The number of thiol groups is 1. The molecule has 1 rings (SSSR count). The highest BCUT2D eigenvalue weighted by Crippen LogP contribution is 2.25. The molecule has 0 saturated heterocycles. The van der Waals surface area contributed by atoms with Gasteiger partial charge >= 0.3 is 0 Å². The number of nitrogens with one attached hydrogen (secondary N) is 1. The Morgan fingerprint density at radius 2 is 2.26 bits per heavy atom. The first kappa shape index (κ1) is 16.2. The number of hydrogen-bond acceptors (Lipinski definition) is 2. The van der Waals surface area contributed by atoms with E-state index in [-0.39, 0.29) is 11.3 Å². The summed E-state index contributed by atoms with van der Waals surface area (Å²) in [6, 6.07) is 5.62. The molecule has 1 N–H and O–H groups in total. The maximum Gasteiger partial charge on any atom is 0.276 e. The normalized spacial score (nSPS) is 12.0. The number of unbranched alkanes of at least 4 members (excludes halogenated alkanes) is 1. The van der Waals surface area contributed by atoms with Crippen molar-refractivity contribution in [2.24, 2.45) is 0 Å². The summed E-state index contributed by atoms with van der Waals surface area (Å²) in [6.45, 7) is 2.13. The van der Waals surface area contributed by atoms with E-state index in [1.165, 1.54) is 0 Å².